The topological polar surface area (TPSA) is 74.2 Å². The SMILES string of the molecule is O=C(Nc1c[nH]c2cc(F)c(F)cc12)c1cc(CC2CCN(CC(F)(F)F)CC2)no1. The zero-order valence-electron chi connectivity index (χ0n) is 16.2. The van der Waals surface area contributed by atoms with E-state index in [1.807, 2.05) is 0 Å². The molecule has 0 atom stereocenters. The number of hydrogen-bond acceptors (Lipinski definition) is 4. The van der Waals surface area contributed by atoms with Crippen LogP contribution in [0.1, 0.15) is 29.1 Å². The molecule has 1 amide bonds. The highest BCUT2D eigenvalue weighted by Crippen LogP contribution is 2.27. The minimum atomic E-state index is -4.20. The molecular weight excluding hydrogens is 423 g/mol. The van der Waals surface area contributed by atoms with Crippen LogP contribution >= 0.6 is 0 Å². The number of nitrogens with one attached hydrogen (secondary N) is 2. The molecule has 2 aromatic heterocycles. The quantitative estimate of drug-likeness (QED) is 0.571. The molecule has 1 aliphatic heterocycles. The first-order valence-electron chi connectivity index (χ1n) is 9.70. The van der Waals surface area contributed by atoms with Gasteiger partial charge < -0.3 is 14.8 Å². The minimum absolute atomic E-state index is 0.0542. The lowest BCUT2D eigenvalue weighted by Crippen LogP contribution is -2.40. The van der Waals surface area contributed by atoms with Gasteiger partial charge in [-0.05, 0) is 44.3 Å². The zero-order valence-corrected chi connectivity index (χ0v) is 16.2. The third-order valence-electron chi connectivity index (χ3n) is 5.36. The number of benzene rings is 1. The lowest BCUT2D eigenvalue weighted by Gasteiger charge is -2.31. The summed E-state index contributed by atoms with van der Waals surface area (Å²) in [6.45, 7) is -0.196. The molecule has 0 saturated carbocycles. The highest BCUT2D eigenvalue weighted by molar-refractivity contribution is 6.07. The number of carbonyl (C=O) groups is 1. The van der Waals surface area contributed by atoms with Crippen LogP contribution in [-0.2, 0) is 6.42 Å². The first kappa shape index (κ1) is 21.3. The summed E-state index contributed by atoms with van der Waals surface area (Å²) in [5, 5.41) is 6.75. The van der Waals surface area contributed by atoms with Crippen molar-refractivity contribution < 1.29 is 31.3 Å². The summed E-state index contributed by atoms with van der Waals surface area (Å²) in [4.78, 5) is 16.6. The molecule has 0 spiro atoms. The van der Waals surface area contributed by atoms with Crippen molar-refractivity contribution in [3.05, 3.63) is 47.5 Å². The average Bonchev–Trinajstić information content (AvgIpc) is 3.30. The van der Waals surface area contributed by atoms with E-state index in [2.05, 4.69) is 15.5 Å². The molecule has 1 saturated heterocycles. The number of piperidine rings is 1. The standard InChI is InChI=1S/C20H19F5N4O2/c21-14-7-13-16(8-15(14)22)26-9-17(13)27-19(30)18-6-12(28-31-18)5-11-1-3-29(4-2-11)10-20(23,24)25/h6-9,11,26H,1-5,10H2,(H,27,30). The van der Waals surface area contributed by atoms with E-state index in [1.165, 1.54) is 17.2 Å². The van der Waals surface area contributed by atoms with Crippen molar-refractivity contribution in [2.24, 2.45) is 5.92 Å². The fourth-order valence-electron chi connectivity index (χ4n) is 3.82. The third kappa shape index (κ3) is 5.04. The number of aromatic nitrogens is 2. The molecule has 3 heterocycles. The maximum absolute atomic E-state index is 13.5. The van der Waals surface area contributed by atoms with Crippen LogP contribution in [0.5, 0.6) is 0 Å². The average molecular weight is 442 g/mol. The minimum Gasteiger partial charge on any atom is -0.359 e. The lowest BCUT2D eigenvalue weighted by molar-refractivity contribution is -0.148. The smallest absolute Gasteiger partial charge is 0.359 e. The van der Waals surface area contributed by atoms with Gasteiger partial charge in [0.05, 0.1) is 23.4 Å². The van der Waals surface area contributed by atoms with Crippen LogP contribution in [0.2, 0.25) is 0 Å². The van der Waals surface area contributed by atoms with Crippen LogP contribution in [-0.4, -0.2) is 46.8 Å². The van der Waals surface area contributed by atoms with Crippen molar-refractivity contribution >= 4 is 22.5 Å². The second kappa shape index (κ2) is 8.29. The van der Waals surface area contributed by atoms with E-state index in [1.54, 1.807) is 0 Å². The normalized spacial score (nSPS) is 16.2. The molecule has 31 heavy (non-hydrogen) atoms. The van der Waals surface area contributed by atoms with Crippen molar-refractivity contribution in [3.63, 3.8) is 0 Å². The molecule has 4 rings (SSSR count). The van der Waals surface area contributed by atoms with Gasteiger partial charge in [0, 0.05) is 23.7 Å². The summed E-state index contributed by atoms with van der Waals surface area (Å²) in [5.41, 5.74) is 1.12. The molecule has 1 aliphatic rings. The van der Waals surface area contributed by atoms with Crippen LogP contribution in [0, 0.1) is 17.6 Å². The predicted octanol–water partition coefficient (Wildman–Crippen LogP) is 4.50. The number of anilines is 1. The molecule has 2 N–H and O–H groups in total. The van der Waals surface area contributed by atoms with E-state index in [9.17, 15) is 26.7 Å². The number of amides is 1. The molecule has 0 radical (unpaired) electrons. The fraction of sp³-hybridized carbons (Fsp3) is 0.400. The predicted molar refractivity (Wildman–Crippen MR) is 102 cm³/mol. The van der Waals surface area contributed by atoms with Crippen LogP contribution in [0.15, 0.2) is 28.9 Å². The number of halogens is 5. The Morgan fingerprint density at radius 1 is 1.19 bits per heavy atom. The Bertz CT molecular complexity index is 1080. The number of nitrogens with zero attached hydrogens (tertiary/aromatic N) is 2. The van der Waals surface area contributed by atoms with Gasteiger partial charge in [0.1, 0.15) is 0 Å². The largest absolute Gasteiger partial charge is 0.401 e. The van der Waals surface area contributed by atoms with E-state index in [0.29, 0.717) is 48.9 Å². The van der Waals surface area contributed by atoms with Crippen molar-refractivity contribution in [2.75, 3.05) is 25.0 Å². The fourth-order valence-corrected chi connectivity index (χ4v) is 3.82. The van der Waals surface area contributed by atoms with Crippen molar-refractivity contribution in [1.29, 1.82) is 0 Å². The highest BCUT2D eigenvalue weighted by Gasteiger charge is 2.32. The Kier molecular flexibility index (Phi) is 5.69. The summed E-state index contributed by atoms with van der Waals surface area (Å²) in [6.07, 6.45) is -1.10. The summed E-state index contributed by atoms with van der Waals surface area (Å²) in [6, 6.07) is 3.45. The molecule has 6 nitrogen and oxygen atoms in total. The Morgan fingerprint density at radius 2 is 1.90 bits per heavy atom. The van der Waals surface area contributed by atoms with Gasteiger partial charge in [-0.15, -0.1) is 0 Å². The maximum Gasteiger partial charge on any atom is 0.401 e. The summed E-state index contributed by atoms with van der Waals surface area (Å²) in [7, 11) is 0. The van der Waals surface area contributed by atoms with Crippen LogP contribution in [0.25, 0.3) is 10.9 Å². The van der Waals surface area contributed by atoms with Gasteiger partial charge in [-0.1, -0.05) is 5.16 Å². The van der Waals surface area contributed by atoms with Crippen LogP contribution < -0.4 is 5.32 Å². The Morgan fingerprint density at radius 3 is 2.61 bits per heavy atom. The highest BCUT2D eigenvalue weighted by atomic mass is 19.4. The zero-order chi connectivity index (χ0) is 22.2. The number of fused-ring (bicyclic) bond motifs is 1. The molecule has 3 aromatic rings. The third-order valence-corrected chi connectivity index (χ3v) is 5.36. The van der Waals surface area contributed by atoms with Gasteiger partial charge in [-0.2, -0.15) is 13.2 Å². The number of hydrogen-bond donors (Lipinski definition) is 2. The van der Waals surface area contributed by atoms with Gasteiger partial charge in [0.15, 0.2) is 11.6 Å². The van der Waals surface area contributed by atoms with E-state index >= 15 is 0 Å². The summed E-state index contributed by atoms with van der Waals surface area (Å²) >= 11 is 0. The second-order valence-electron chi connectivity index (χ2n) is 7.69. The van der Waals surface area contributed by atoms with Gasteiger partial charge in [0.2, 0.25) is 5.76 Å². The summed E-state index contributed by atoms with van der Waals surface area (Å²) in [5.74, 6) is -2.55. The molecule has 0 unspecified atom stereocenters. The molecule has 0 aliphatic carbocycles. The number of carbonyl (C=O) groups excluding carboxylic acids is 1. The number of H-pyrrole nitrogens is 1. The summed E-state index contributed by atoms with van der Waals surface area (Å²) < 4.78 is 69.4. The number of alkyl halides is 3. The molecule has 11 heteroatoms. The van der Waals surface area contributed by atoms with Crippen molar-refractivity contribution in [1.82, 2.24) is 15.0 Å². The van der Waals surface area contributed by atoms with Crippen LogP contribution in [0.4, 0.5) is 27.6 Å². The molecule has 0 bridgehead atoms. The monoisotopic (exact) mass is 442 g/mol. The number of rotatable bonds is 5. The maximum atomic E-state index is 13.5. The van der Waals surface area contributed by atoms with E-state index in [4.69, 9.17) is 4.52 Å². The van der Waals surface area contributed by atoms with Gasteiger partial charge >= 0.3 is 6.18 Å². The Hall–Kier alpha value is -2.95. The molecular formula is C20H19F5N4O2. The van der Waals surface area contributed by atoms with E-state index in [0.717, 1.165) is 12.1 Å². The first-order valence-corrected chi connectivity index (χ1v) is 9.70. The number of likely N-dealkylation sites (tertiary alicyclic amines) is 1. The van der Waals surface area contributed by atoms with E-state index < -0.39 is 30.3 Å². The second-order valence-corrected chi connectivity index (χ2v) is 7.69. The van der Waals surface area contributed by atoms with Crippen molar-refractivity contribution in [2.45, 2.75) is 25.4 Å². The molecule has 1 fully saturated rings. The lowest BCUT2D eigenvalue weighted by atomic mass is 9.92. The Labute approximate surface area is 173 Å². The van der Waals surface area contributed by atoms with Gasteiger partial charge in [-0.25, -0.2) is 8.78 Å². The Balaban J connectivity index is 1.35. The molecule has 166 valence electrons. The number of aromatic amines is 1. The van der Waals surface area contributed by atoms with Gasteiger partial charge in [-0.3, -0.25) is 9.69 Å². The van der Waals surface area contributed by atoms with E-state index in [-0.39, 0.29) is 17.4 Å². The van der Waals surface area contributed by atoms with Crippen molar-refractivity contribution in [3.8, 4) is 0 Å². The first-order chi connectivity index (χ1) is 14.7. The molecule has 1 aromatic carbocycles. The van der Waals surface area contributed by atoms with Crippen LogP contribution in [0.3, 0.4) is 0 Å². The van der Waals surface area contributed by atoms with Gasteiger partial charge in [0.25, 0.3) is 5.91 Å².